The van der Waals surface area contributed by atoms with E-state index in [-0.39, 0.29) is 10.8 Å². The van der Waals surface area contributed by atoms with Gasteiger partial charge in [0.25, 0.3) is 15.9 Å². The summed E-state index contributed by atoms with van der Waals surface area (Å²) in [7, 11) is -3.74. The Labute approximate surface area is 186 Å². The lowest BCUT2D eigenvalue weighted by atomic mass is 10.1. The maximum Gasteiger partial charge on any atom is 0.261 e. The summed E-state index contributed by atoms with van der Waals surface area (Å²) in [6, 6.07) is 11.8. The molecule has 0 bridgehead atoms. The van der Waals surface area contributed by atoms with E-state index in [9.17, 15) is 13.2 Å². The molecule has 2 aliphatic rings. The molecule has 1 amide bonds. The summed E-state index contributed by atoms with van der Waals surface area (Å²) in [6.45, 7) is 3.36. The summed E-state index contributed by atoms with van der Waals surface area (Å²) >= 11 is 3.32. The van der Waals surface area contributed by atoms with E-state index in [4.69, 9.17) is 0 Å². The standard InChI is InChI=1S/C22H26BrN3O3S/c23-17-6-9-19(10-7-17)30(28,29)24-18-8-11-21(25-12-4-5-13-25)20(16-18)22(27)26-14-2-1-3-15-26/h6-11,16,24H,1-5,12-15H2. The number of likely N-dealkylation sites (tertiary alicyclic amines) is 1. The lowest BCUT2D eigenvalue weighted by Gasteiger charge is -2.29. The number of nitrogens with zero attached hydrogens (tertiary/aromatic N) is 2. The molecule has 0 aromatic heterocycles. The van der Waals surface area contributed by atoms with E-state index < -0.39 is 10.0 Å². The highest BCUT2D eigenvalue weighted by Crippen LogP contribution is 2.30. The Kier molecular flexibility index (Phi) is 6.34. The van der Waals surface area contributed by atoms with Gasteiger partial charge in [0.05, 0.1) is 10.5 Å². The molecule has 4 rings (SSSR count). The van der Waals surface area contributed by atoms with Gasteiger partial charge in [0, 0.05) is 42.0 Å². The van der Waals surface area contributed by atoms with E-state index >= 15 is 0 Å². The van der Waals surface area contributed by atoms with Crippen LogP contribution >= 0.6 is 15.9 Å². The van der Waals surface area contributed by atoms with Crippen molar-refractivity contribution in [3.8, 4) is 0 Å². The van der Waals surface area contributed by atoms with Crippen molar-refractivity contribution in [2.45, 2.75) is 37.0 Å². The molecule has 0 saturated carbocycles. The fraction of sp³-hybridized carbons (Fsp3) is 0.409. The second-order valence-corrected chi connectivity index (χ2v) is 10.4. The van der Waals surface area contributed by atoms with Crippen LogP contribution in [0.2, 0.25) is 0 Å². The fourth-order valence-electron chi connectivity index (χ4n) is 4.10. The quantitative estimate of drug-likeness (QED) is 0.669. The van der Waals surface area contributed by atoms with Crippen LogP contribution in [0.3, 0.4) is 0 Å². The highest BCUT2D eigenvalue weighted by Gasteiger charge is 2.25. The van der Waals surface area contributed by atoms with Gasteiger partial charge in [-0.15, -0.1) is 0 Å². The summed E-state index contributed by atoms with van der Waals surface area (Å²) < 4.78 is 29.1. The number of sulfonamides is 1. The first kappa shape index (κ1) is 21.2. The van der Waals surface area contributed by atoms with Gasteiger partial charge in [-0.1, -0.05) is 15.9 Å². The number of hydrogen-bond donors (Lipinski definition) is 1. The van der Waals surface area contributed by atoms with Crippen molar-refractivity contribution < 1.29 is 13.2 Å². The zero-order valence-corrected chi connectivity index (χ0v) is 19.2. The number of halogens is 1. The van der Waals surface area contributed by atoms with Crippen molar-refractivity contribution in [1.82, 2.24) is 4.90 Å². The summed E-state index contributed by atoms with van der Waals surface area (Å²) in [6.07, 6.45) is 5.39. The van der Waals surface area contributed by atoms with Crippen LogP contribution in [0.25, 0.3) is 0 Å². The minimum absolute atomic E-state index is 0.0127. The van der Waals surface area contributed by atoms with Gasteiger partial charge in [0.15, 0.2) is 0 Å². The van der Waals surface area contributed by atoms with Crippen molar-refractivity contribution in [1.29, 1.82) is 0 Å². The Morgan fingerprint density at radius 2 is 1.50 bits per heavy atom. The number of hydrogen-bond acceptors (Lipinski definition) is 4. The molecule has 30 heavy (non-hydrogen) atoms. The van der Waals surface area contributed by atoms with E-state index in [0.717, 1.165) is 68.4 Å². The molecule has 0 aliphatic carbocycles. The Balaban J connectivity index is 1.65. The molecule has 0 unspecified atom stereocenters. The number of anilines is 2. The first-order valence-corrected chi connectivity index (χ1v) is 12.7. The van der Waals surface area contributed by atoms with Gasteiger partial charge in [0.2, 0.25) is 0 Å². The van der Waals surface area contributed by atoms with Crippen LogP contribution in [-0.2, 0) is 10.0 Å². The topological polar surface area (TPSA) is 69.7 Å². The molecular formula is C22H26BrN3O3S. The van der Waals surface area contributed by atoms with Crippen molar-refractivity contribution >= 4 is 43.2 Å². The Bertz CT molecular complexity index is 1010. The van der Waals surface area contributed by atoms with Crippen LogP contribution in [0, 0.1) is 0 Å². The van der Waals surface area contributed by atoms with Crippen LogP contribution in [0.15, 0.2) is 51.8 Å². The van der Waals surface area contributed by atoms with Crippen molar-refractivity contribution in [3.05, 3.63) is 52.5 Å². The molecule has 0 radical (unpaired) electrons. The first-order chi connectivity index (χ1) is 14.4. The Hall–Kier alpha value is -2.06. The van der Waals surface area contributed by atoms with Gasteiger partial charge in [-0.05, 0) is 74.6 Å². The van der Waals surface area contributed by atoms with Crippen LogP contribution in [0.5, 0.6) is 0 Å². The number of nitrogens with one attached hydrogen (secondary N) is 1. The van der Waals surface area contributed by atoms with E-state index in [1.54, 1.807) is 36.4 Å². The number of piperidine rings is 1. The molecule has 1 N–H and O–H groups in total. The van der Waals surface area contributed by atoms with Gasteiger partial charge in [-0.25, -0.2) is 8.42 Å². The molecule has 2 fully saturated rings. The predicted molar refractivity (Wildman–Crippen MR) is 123 cm³/mol. The van der Waals surface area contributed by atoms with Gasteiger partial charge in [-0.3, -0.25) is 9.52 Å². The highest BCUT2D eigenvalue weighted by atomic mass is 79.9. The summed E-state index contributed by atoms with van der Waals surface area (Å²) in [5.74, 6) is -0.0127. The van der Waals surface area contributed by atoms with Crippen LogP contribution in [0.1, 0.15) is 42.5 Å². The van der Waals surface area contributed by atoms with E-state index in [2.05, 4.69) is 25.6 Å². The number of carbonyl (C=O) groups excluding carboxylic acids is 1. The zero-order chi connectivity index (χ0) is 21.1. The minimum Gasteiger partial charge on any atom is -0.371 e. The number of benzene rings is 2. The average Bonchev–Trinajstić information content (AvgIpc) is 3.28. The number of carbonyl (C=O) groups is 1. The van der Waals surface area contributed by atoms with Crippen molar-refractivity contribution in [2.75, 3.05) is 35.8 Å². The molecule has 6 nitrogen and oxygen atoms in total. The third-order valence-electron chi connectivity index (χ3n) is 5.69. The first-order valence-electron chi connectivity index (χ1n) is 10.4. The molecular weight excluding hydrogens is 466 g/mol. The van der Waals surface area contributed by atoms with Crippen molar-refractivity contribution in [2.24, 2.45) is 0 Å². The molecule has 2 aromatic rings. The largest absolute Gasteiger partial charge is 0.371 e. The summed E-state index contributed by atoms with van der Waals surface area (Å²) in [4.78, 5) is 17.6. The lowest BCUT2D eigenvalue weighted by Crippen LogP contribution is -2.36. The van der Waals surface area contributed by atoms with Gasteiger partial charge in [0.1, 0.15) is 0 Å². The van der Waals surface area contributed by atoms with Gasteiger partial charge in [-0.2, -0.15) is 0 Å². The SMILES string of the molecule is O=C(c1cc(NS(=O)(=O)c2ccc(Br)cc2)ccc1N1CCCC1)N1CCCCC1. The van der Waals surface area contributed by atoms with Gasteiger partial charge < -0.3 is 9.80 Å². The molecule has 160 valence electrons. The molecule has 8 heteroatoms. The smallest absolute Gasteiger partial charge is 0.261 e. The van der Waals surface area contributed by atoms with Crippen LogP contribution in [0.4, 0.5) is 11.4 Å². The maximum atomic E-state index is 13.3. The maximum absolute atomic E-state index is 13.3. The molecule has 0 atom stereocenters. The third-order valence-corrected chi connectivity index (χ3v) is 7.62. The predicted octanol–water partition coefficient (Wildman–Crippen LogP) is 4.48. The normalized spacial score (nSPS) is 17.2. The van der Waals surface area contributed by atoms with E-state index in [1.807, 2.05) is 11.0 Å². The Morgan fingerprint density at radius 3 is 2.17 bits per heavy atom. The lowest BCUT2D eigenvalue weighted by molar-refractivity contribution is 0.0725. The highest BCUT2D eigenvalue weighted by molar-refractivity contribution is 9.10. The minimum atomic E-state index is -3.74. The summed E-state index contributed by atoms with van der Waals surface area (Å²) in [5.41, 5.74) is 1.88. The Morgan fingerprint density at radius 1 is 0.867 bits per heavy atom. The second kappa shape index (κ2) is 8.98. The molecule has 2 aliphatic heterocycles. The van der Waals surface area contributed by atoms with Crippen LogP contribution < -0.4 is 9.62 Å². The molecule has 2 aromatic carbocycles. The fourth-order valence-corrected chi connectivity index (χ4v) is 5.41. The second-order valence-electron chi connectivity index (χ2n) is 7.84. The van der Waals surface area contributed by atoms with Crippen LogP contribution in [-0.4, -0.2) is 45.4 Å². The van der Waals surface area contributed by atoms with Gasteiger partial charge >= 0.3 is 0 Å². The summed E-state index contributed by atoms with van der Waals surface area (Å²) in [5, 5.41) is 0. The number of amides is 1. The zero-order valence-electron chi connectivity index (χ0n) is 16.8. The van der Waals surface area contributed by atoms with Crippen molar-refractivity contribution in [3.63, 3.8) is 0 Å². The molecule has 2 saturated heterocycles. The van der Waals surface area contributed by atoms with E-state index in [1.165, 1.54) is 0 Å². The third kappa shape index (κ3) is 4.64. The molecule has 0 spiro atoms. The number of rotatable bonds is 5. The monoisotopic (exact) mass is 491 g/mol. The molecule has 2 heterocycles. The average molecular weight is 492 g/mol. The van der Waals surface area contributed by atoms with E-state index in [0.29, 0.717) is 11.3 Å².